The number of aromatic carboxylic acids is 1. The van der Waals surface area contributed by atoms with Gasteiger partial charge in [0.1, 0.15) is 5.69 Å². The maximum absolute atomic E-state index is 13.0. The lowest BCUT2D eigenvalue weighted by Gasteiger charge is -2.11. The lowest BCUT2D eigenvalue weighted by atomic mass is 9.98. The third-order valence-electron chi connectivity index (χ3n) is 5.52. The largest absolute Gasteiger partial charge is 0.478 e. The van der Waals surface area contributed by atoms with Crippen LogP contribution in [0.5, 0.6) is 0 Å². The minimum atomic E-state index is -0.969. The predicted octanol–water partition coefficient (Wildman–Crippen LogP) is 4.48. The maximum atomic E-state index is 13.0. The van der Waals surface area contributed by atoms with Gasteiger partial charge in [0, 0.05) is 6.54 Å². The average Bonchev–Trinajstić information content (AvgIpc) is 3.02. The molecule has 1 aromatic heterocycles. The monoisotopic (exact) mass is 420 g/mol. The minimum Gasteiger partial charge on any atom is -0.478 e. The Labute approximate surface area is 181 Å². The van der Waals surface area contributed by atoms with Crippen LogP contribution in [0.4, 0.5) is 0 Å². The number of rotatable bonds is 9. The molecule has 0 unspecified atom stereocenters. The van der Waals surface area contributed by atoms with E-state index in [2.05, 4.69) is 13.8 Å². The van der Waals surface area contributed by atoms with Gasteiger partial charge in [-0.15, -0.1) is 0 Å². The summed E-state index contributed by atoms with van der Waals surface area (Å²) in [5.41, 5.74) is 3.67. The summed E-state index contributed by atoms with van der Waals surface area (Å²) in [4.78, 5) is 36.2. The highest BCUT2D eigenvalue weighted by Crippen LogP contribution is 2.24. The Hall–Kier alpha value is -3.41. The molecule has 1 heterocycles. The van der Waals surface area contributed by atoms with E-state index in [1.165, 1.54) is 4.57 Å². The molecule has 0 fully saturated rings. The molecular weight excluding hydrogens is 392 g/mol. The summed E-state index contributed by atoms with van der Waals surface area (Å²) in [6.07, 6.45) is 2.33. The molecule has 1 N–H and O–H groups in total. The molecule has 0 aliphatic heterocycles. The Morgan fingerprint density at radius 2 is 1.74 bits per heavy atom. The first-order valence-corrected chi connectivity index (χ1v) is 10.6. The van der Waals surface area contributed by atoms with E-state index in [0.29, 0.717) is 36.7 Å². The first kappa shape index (κ1) is 22.3. The average molecular weight is 421 g/mol. The van der Waals surface area contributed by atoms with Crippen molar-refractivity contribution in [3.8, 4) is 11.1 Å². The van der Waals surface area contributed by atoms with Crippen LogP contribution in [0.3, 0.4) is 0 Å². The molecule has 0 spiro atoms. The summed E-state index contributed by atoms with van der Waals surface area (Å²) < 4.78 is 3.22. The van der Waals surface area contributed by atoms with E-state index in [4.69, 9.17) is 0 Å². The standard InChI is InChI=1S/C25H28N2O4/c1-4-26-23(16-28)22(14-9-17(2)3)27(25(26)31)15-18-10-12-19(13-11-18)20-7-5-6-8-21(20)24(29)30/h5-8,10-13,16-17H,4,9,14-15H2,1-3H3,(H,29,30). The Kier molecular flexibility index (Phi) is 6.90. The zero-order valence-corrected chi connectivity index (χ0v) is 18.2. The van der Waals surface area contributed by atoms with Gasteiger partial charge < -0.3 is 5.11 Å². The van der Waals surface area contributed by atoms with Crippen LogP contribution in [-0.4, -0.2) is 26.5 Å². The molecule has 3 rings (SSSR count). The van der Waals surface area contributed by atoms with Gasteiger partial charge in [-0.1, -0.05) is 56.3 Å². The molecule has 6 heteroatoms. The summed E-state index contributed by atoms with van der Waals surface area (Å²) in [5.74, 6) is -0.509. The van der Waals surface area contributed by atoms with Gasteiger partial charge in [-0.25, -0.2) is 9.59 Å². The molecule has 0 amide bonds. The lowest BCUT2D eigenvalue weighted by molar-refractivity contribution is 0.0697. The zero-order valence-electron chi connectivity index (χ0n) is 18.2. The Bertz CT molecular complexity index is 1140. The molecule has 0 aliphatic carbocycles. The van der Waals surface area contributed by atoms with Gasteiger partial charge in [-0.3, -0.25) is 13.9 Å². The van der Waals surface area contributed by atoms with Crippen molar-refractivity contribution in [1.29, 1.82) is 0 Å². The second-order valence-corrected chi connectivity index (χ2v) is 8.04. The topological polar surface area (TPSA) is 81.3 Å². The molecular formula is C25H28N2O4. The van der Waals surface area contributed by atoms with Crippen molar-refractivity contribution in [2.45, 2.75) is 46.7 Å². The smallest absolute Gasteiger partial charge is 0.336 e. The van der Waals surface area contributed by atoms with Gasteiger partial charge in [-0.2, -0.15) is 0 Å². The van der Waals surface area contributed by atoms with Crippen LogP contribution in [0.1, 0.15) is 59.3 Å². The van der Waals surface area contributed by atoms with Gasteiger partial charge in [-0.05, 0) is 48.4 Å². The first-order valence-electron chi connectivity index (χ1n) is 10.6. The number of aromatic nitrogens is 2. The fourth-order valence-electron chi connectivity index (χ4n) is 3.84. The van der Waals surface area contributed by atoms with Crippen LogP contribution < -0.4 is 5.69 Å². The summed E-state index contributed by atoms with van der Waals surface area (Å²) in [6.45, 7) is 6.90. The fraction of sp³-hybridized carbons (Fsp3) is 0.320. The van der Waals surface area contributed by atoms with Gasteiger partial charge in [0.2, 0.25) is 0 Å². The number of carboxylic acids is 1. The van der Waals surface area contributed by atoms with E-state index >= 15 is 0 Å². The SMILES string of the molecule is CCn1c(C=O)c(CCC(C)C)n(Cc2ccc(-c3ccccc3C(=O)O)cc2)c1=O. The van der Waals surface area contributed by atoms with Crippen molar-refractivity contribution < 1.29 is 14.7 Å². The van der Waals surface area contributed by atoms with Crippen LogP contribution in [0.2, 0.25) is 0 Å². The van der Waals surface area contributed by atoms with Crippen molar-refractivity contribution in [2.75, 3.05) is 0 Å². The molecule has 0 aliphatic rings. The van der Waals surface area contributed by atoms with E-state index in [9.17, 15) is 19.5 Å². The number of benzene rings is 2. The van der Waals surface area contributed by atoms with Crippen molar-refractivity contribution in [1.82, 2.24) is 9.13 Å². The van der Waals surface area contributed by atoms with Crippen molar-refractivity contribution in [3.05, 3.63) is 81.5 Å². The number of hydrogen-bond acceptors (Lipinski definition) is 3. The van der Waals surface area contributed by atoms with Crippen LogP contribution in [0.25, 0.3) is 11.1 Å². The summed E-state index contributed by atoms with van der Waals surface area (Å²) in [7, 11) is 0. The Balaban J connectivity index is 1.96. The molecule has 31 heavy (non-hydrogen) atoms. The number of aldehydes is 1. The van der Waals surface area contributed by atoms with Crippen molar-refractivity contribution in [2.24, 2.45) is 5.92 Å². The number of imidazole rings is 1. The fourth-order valence-corrected chi connectivity index (χ4v) is 3.84. The number of carboxylic acid groups (broad SMARTS) is 1. The second-order valence-electron chi connectivity index (χ2n) is 8.04. The highest BCUT2D eigenvalue weighted by atomic mass is 16.4. The van der Waals surface area contributed by atoms with Gasteiger partial charge in [0.15, 0.2) is 6.29 Å². The number of carbonyl (C=O) groups excluding carboxylic acids is 1. The molecule has 2 aromatic carbocycles. The van der Waals surface area contributed by atoms with Crippen LogP contribution in [-0.2, 0) is 19.5 Å². The zero-order chi connectivity index (χ0) is 22.5. The Morgan fingerprint density at radius 3 is 2.32 bits per heavy atom. The summed E-state index contributed by atoms with van der Waals surface area (Å²) in [6, 6.07) is 14.4. The van der Waals surface area contributed by atoms with Gasteiger partial charge in [0.05, 0.1) is 17.8 Å². The Morgan fingerprint density at radius 1 is 1.06 bits per heavy atom. The van der Waals surface area contributed by atoms with E-state index in [1.807, 2.05) is 37.3 Å². The minimum absolute atomic E-state index is 0.177. The normalized spacial score (nSPS) is 11.1. The molecule has 0 atom stereocenters. The third kappa shape index (κ3) is 4.68. The molecule has 3 aromatic rings. The molecule has 6 nitrogen and oxygen atoms in total. The van der Waals surface area contributed by atoms with Crippen molar-refractivity contribution in [3.63, 3.8) is 0 Å². The highest BCUT2D eigenvalue weighted by molar-refractivity contribution is 5.96. The molecule has 0 radical (unpaired) electrons. The lowest BCUT2D eigenvalue weighted by Crippen LogP contribution is -2.25. The van der Waals surface area contributed by atoms with Gasteiger partial charge >= 0.3 is 11.7 Å². The molecule has 0 bridgehead atoms. The number of nitrogens with zero attached hydrogens (tertiary/aromatic N) is 2. The van der Waals surface area contributed by atoms with Gasteiger partial charge in [0.25, 0.3) is 0 Å². The third-order valence-corrected chi connectivity index (χ3v) is 5.52. The quantitative estimate of drug-likeness (QED) is 0.517. The predicted molar refractivity (Wildman–Crippen MR) is 121 cm³/mol. The van der Waals surface area contributed by atoms with Crippen molar-refractivity contribution >= 4 is 12.3 Å². The number of hydrogen-bond donors (Lipinski definition) is 1. The van der Waals surface area contributed by atoms with E-state index in [1.54, 1.807) is 22.8 Å². The number of carbonyl (C=O) groups is 2. The summed E-state index contributed by atoms with van der Waals surface area (Å²) in [5, 5.41) is 9.43. The van der Waals surface area contributed by atoms with Crippen LogP contribution in [0.15, 0.2) is 53.3 Å². The van der Waals surface area contributed by atoms with E-state index < -0.39 is 5.97 Å². The molecule has 162 valence electrons. The van der Waals surface area contributed by atoms with Crippen LogP contribution in [0, 0.1) is 5.92 Å². The maximum Gasteiger partial charge on any atom is 0.336 e. The highest BCUT2D eigenvalue weighted by Gasteiger charge is 2.19. The van der Waals surface area contributed by atoms with E-state index in [-0.39, 0.29) is 11.3 Å². The molecule has 0 saturated carbocycles. The second kappa shape index (κ2) is 9.60. The molecule has 0 saturated heterocycles. The summed E-state index contributed by atoms with van der Waals surface area (Å²) >= 11 is 0. The van der Waals surface area contributed by atoms with Crippen LogP contribution >= 0.6 is 0 Å². The van der Waals surface area contributed by atoms with E-state index in [0.717, 1.165) is 29.5 Å². The first-order chi connectivity index (χ1) is 14.9.